The number of carboxylic acid groups (broad SMARTS) is 1. The summed E-state index contributed by atoms with van der Waals surface area (Å²) in [4.78, 5) is 24.5. The fourth-order valence-electron chi connectivity index (χ4n) is 2.39. The smallest absolute Gasteiger partial charge is 0.308 e. The van der Waals surface area contributed by atoms with Crippen molar-refractivity contribution in [3.63, 3.8) is 0 Å². The number of phenolic OH excluding ortho intramolecular Hbond substituents is 1. The van der Waals surface area contributed by atoms with E-state index in [0.717, 1.165) is 6.07 Å². The van der Waals surface area contributed by atoms with E-state index in [4.69, 9.17) is 10.2 Å². The second-order valence-corrected chi connectivity index (χ2v) is 4.64. The van der Waals surface area contributed by atoms with Crippen LogP contribution in [0.4, 0.5) is 4.39 Å². The molecule has 2 atom stereocenters. The van der Waals surface area contributed by atoms with E-state index in [1.807, 2.05) is 0 Å². The zero-order chi connectivity index (χ0) is 14.2. The van der Waals surface area contributed by atoms with Gasteiger partial charge in [-0.25, -0.2) is 4.39 Å². The van der Waals surface area contributed by atoms with Crippen LogP contribution in [0.25, 0.3) is 0 Å². The Morgan fingerprint density at radius 2 is 2.11 bits per heavy atom. The summed E-state index contributed by atoms with van der Waals surface area (Å²) in [5.41, 5.74) is -0.157. The van der Waals surface area contributed by atoms with E-state index in [2.05, 4.69) is 0 Å². The van der Waals surface area contributed by atoms with Crippen molar-refractivity contribution in [1.29, 1.82) is 0 Å². The molecular formula is C13H14FNO4. The van der Waals surface area contributed by atoms with Crippen molar-refractivity contribution in [2.75, 3.05) is 6.54 Å². The van der Waals surface area contributed by atoms with Gasteiger partial charge >= 0.3 is 5.97 Å². The molecule has 2 N–H and O–H groups in total. The maximum atomic E-state index is 13.6. The molecule has 1 aliphatic rings. The van der Waals surface area contributed by atoms with Gasteiger partial charge in [0.25, 0.3) is 5.91 Å². The summed E-state index contributed by atoms with van der Waals surface area (Å²) in [7, 11) is 0. The maximum Gasteiger partial charge on any atom is 0.308 e. The number of phenols is 1. The lowest BCUT2D eigenvalue weighted by Crippen LogP contribution is -2.38. The van der Waals surface area contributed by atoms with E-state index < -0.39 is 29.7 Å². The van der Waals surface area contributed by atoms with E-state index >= 15 is 0 Å². The first-order chi connectivity index (χ1) is 8.91. The predicted octanol–water partition coefficient (Wildman–Crippen LogP) is 1.47. The molecule has 19 heavy (non-hydrogen) atoms. The lowest BCUT2D eigenvalue weighted by molar-refractivity contribution is -0.142. The van der Waals surface area contributed by atoms with Gasteiger partial charge in [-0.2, -0.15) is 0 Å². The molecule has 0 spiro atoms. The van der Waals surface area contributed by atoms with Crippen molar-refractivity contribution in [1.82, 2.24) is 4.90 Å². The molecule has 1 aromatic carbocycles. The van der Waals surface area contributed by atoms with Crippen LogP contribution >= 0.6 is 0 Å². The average Bonchev–Trinajstić information content (AvgIpc) is 2.70. The molecule has 2 rings (SSSR count). The number of rotatable bonds is 2. The standard InChI is InChI=1S/C13H14FNO4/c1-7-9(13(18)19)4-5-15(7)12(17)10-3-2-8(16)6-11(10)14/h2-3,6-7,9,16H,4-5H2,1H3,(H,18,19). The Morgan fingerprint density at radius 3 is 2.63 bits per heavy atom. The minimum Gasteiger partial charge on any atom is -0.508 e. The molecule has 0 radical (unpaired) electrons. The number of carboxylic acids is 1. The number of nitrogens with zero attached hydrogens (tertiary/aromatic N) is 1. The summed E-state index contributed by atoms with van der Waals surface area (Å²) in [5.74, 6) is -3.19. The maximum absolute atomic E-state index is 13.6. The summed E-state index contributed by atoms with van der Waals surface area (Å²) in [6, 6.07) is 2.82. The van der Waals surface area contributed by atoms with Gasteiger partial charge in [-0.05, 0) is 25.5 Å². The highest BCUT2D eigenvalue weighted by Crippen LogP contribution is 2.27. The molecule has 0 saturated carbocycles. The Kier molecular flexibility index (Phi) is 3.42. The molecule has 0 aliphatic carbocycles. The first kappa shape index (κ1) is 13.3. The van der Waals surface area contributed by atoms with E-state index in [9.17, 15) is 14.0 Å². The van der Waals surface area contributed by atoms with Gasteiger partial charge < -0.3 is 15.1 Å². The van der Waals surface area contributed by atoms with Crippen LogP contribution in [0.5, 0.6) is 5.75 Å². The second kappa shape index (κ2) is 4.87. The normalized spacial score (nSPS) is 22.5. The zero-order valence-electron chi connectivity index (χ0n) is 10.3. The number of carbonyl (C=O) groups is 2. The Bertz CT molecular complexity index is 531. The Hall–Kier alpha value is -2.11. The molecule has 2 unspecified atom stereocenters. The SMILES string of the molecule is CC1C(C(=O)O)CCN1C(=O)c1ccc(O)cc1F. The average molecular weight is 267 g/mol. The summed E-state index contributed by atoms with van der Waals surface area (Å²) in [6.45, 7) is 1.93. The van der Waals surface area contributed by atoms with Crippen LogP contribution < -0.4 is 0 Å². The topological polar surface area (TPSA) is 77.8 Å². The molecule has 0 aromatic heterocycles. The van der Waals surface area contributed by atoms with E-state index in [1.54, 1.807) is 6.92 Å². The van der Waals surface area contributed by atoms with Gasteiger partial charge in [0, 0.05) is 18.7 Å². The summed E-state index contributed by atoms with van der Waals surface area (Å²) in [5, 5.41) is 18.1. The van der Waals surface area contributed by atoms with Crippen LogP contribution in [0.15, 0.2) is 18.2 Å². The highest BCUT2D eigenvalue weighted by Gasteiger charge is 2.38. The van der Waals surface area contributed by atoms with Crippen molar-refractivity contribution in [2.24, 2.45) is 5.92 Å². The van der Waals surface area contributed by atoms with Gasteiger partial charge in [0.1, 0.15) is 11.6 Å². The van der Waals surface area contributed by atoms with Crippen LogP contribution in [0.1, 0.15) is 23.7 Å². The highest BCUT2D eigenvalue weighted by molar-refractivity contribution is 5.95. The fourth-order valence-corrected chi connectivity index (χ4v) is 2.39. The van der Waals surface area contributed by atoms with E-state index in [1.165, 1.54) is 17.0 Å². The van der Waals surface area contributed by atoms with Crippen molar-refractivity contribution < 1.29 is 24.2 Å². The molecule has 0 bridgehead atoms. The number of hydrogen-bond acceptors (Lipinski definition) is 3. The van der Waals surface area contributed by atoms with Crippen LogP contribution in [0.3, 0.4) is 0 Å². The number of halogens is 1. The minimum atomic E-state index is -0.950. The molecule has 1 aliphatic heterocycles. The Morgan fingerprint density at radius 1 is 1.42 bits per heavy atom. The van der Waals surface area contributed by atoms with Gasteiger partial charge in [-0.1, -0.05) is 0 Å². The van der Waals surface area contributed by atoms with Crippen molar-refractivity contribution in [3.8, 4) is 5.75 Å². The number of amides is 1. The zero-order valence-corrected chi connectivity index (χ0v) is 10.3. The first-order valence-electron chi connectivity index (χ1n) is 5.94. The highest BCUT2D eigenvalue weighted by atomic mass is 19.1. The van der Waals surface area contributed by atoms with Crippen LogP contribution in [0, 0.1) is 11.7 Å². The lowest BCUT2D eigenvalue weighted by Gasteiger charge is -2.23. The van der Waals surface area contributed by atoms with Gasteiger partial charge in [0.15, 0.2) is 0 Å². The lowest BCUT2D eigenvalue weighted by atomic mass is 10.0. The number of carbonyl (C=O) groups excluding carboxylic acids is 1. The van der Waals surface area contributed by atoms with Gasteiger partial charge in [-0.3, -0.25) is 9.59 Å². The Balaban J connectivity index is 2.23. The Labute approximate surface area is 109 Å². The van der Waals surface area contributed by atoms with Crippen LogP contribution in [-0.2, 0) is 4.79 Å². The summed E-state index contributed by atoms with van der Waals surface area (Å²) >= 11 is 0. The third-order valence-electron chi connectivity index (χ3n) is 3.52. The van der Waals surface area contributed by atoms with E-state index in [0.29, 0.717) is 6.42 Å². The third kappa shape index (κ3) is 2.38. The third-order valence-corrected chi connectivity index (χ3v) is 3.52. The number of hydrogen-bond donors (Lipinski definition) is 2. The molecule has 1 heterocycles. The quantitative estimate of drug-likeness (QED) is 0.850. The molecule has 1 saturated heterocycles. The molecular weight excluding hydrogens is 253 g/mol. The summed E-state index contributed by atoms with van der Waals surface area (Å²) in [6.07, 6.45) is 0.363. The summed E-state index contributed by atoms with van der Waals surface area (Å²) < 4.78 is 13.6. The molecule has 1 aromatic rings. The fraction of sp³-hybridized carbons (Fsp3) is 0.385. The van der Waals surface area contributed by atoms with E-state index in [-0.39, 0.29) is 17.9 Å². The van der Waals surface area contributed by atoms with Crippen LogP contribution in [-0.4, -0.2) is 39.6 Å². The molecule has 1 amide bonds. The van der Waals surface area contributed by atoms with Gasteiger partial charge in [-0.15, -0.1) is 0 Å². The number of likely N-dealkylation sites (tertiary alicyclic amines) is 1. The number of aromatic hydroxyl groups is 1. The molecule has 102 valence electrons. The molecule has 6 heteroatoms. The molecule has 5 nitrogen and oxygen atoms in total. The minimum absolute atomic E-state index is 0.157. The van der Waals surface area contributed by atoms with Crippen molar-refractivity contribution in [2.45, 2.75) is 19.4 Å². The number of aliphatic carboxylic acids is 1. The van der Waals surface area contributed by atoms with Crippen LogP contribution in [0.2, 0.25) is 0 Å². The first-order valence-corrected chi connectivity index (χ1v) is 5.94. The second-order valence-electron chi connectivity index (χ2n) is 4.64. The molecule has 1 fully saturated rings. The van der Waals surface area contributed by atoms with Crippen molar-refractivity contribution >= 4 is 11.9 Å². The van der Waals surface area contributed by atoms with Crippen molar-refractivity contribution in [3.05, 3.63) is 29.6 Å². The number of benzene rings is 1. The predicted molar refractivity (Wildman–Crippen MR) is 64.3 cm³/mol. The van der Waals surface area contributed by atoms with Gasteiger partial charge in [0.05, 0.1) is 11.5 Å². The monoisotopic (exact) mass is 267 g/mol. The van der Waals surface area contributed by atoms with Gasteiger partial charge in [0.2, 0.25) is 0 Å². The largest absolute Gasteiger partial charge is 0.508 e.